The molecule has 1 atom stereocenters. The van der Waals surface area contributed by atoms with Crippen LogP contribution in [0, 0.1) is 16.7 Å². The zero-order chi connectivity index (χ0) is 26.5. The quantitative estimate of drug-likeness (QED) is 0.212. The molecule has 0 fully saturated rings. The van der Waals surface area contributed by atoms with Crippen LogP contribution in [0.1, 0.15) is 34.0 Å². The Balaban J connectivity index is 2.07. The zero-order valence-electron chi connectivity index (χ0n) is 20.9. The van der Waals surface area contributed by atoms with Gasteiger partial charge in [0.15, 0.2) is 6.04 Å². The lowest BCUT2D eigenvalue weighted by atomic mass is 10.1. The summed E-state index contributed by atoms with van der Waals surface area (Å²) in [6.07, 6.45) is 0. The van der Waals surface area contributed by atoms with Gasteiger partial charge in [-0.2, -0.15) is 0 Å². The van der Waals surface area contributed by atoms with Crippen LogP contribution in [-0.4, -0.2) is 74.5 Å². The third-order valence-corrected chi connectivity index (χ3v) is 5.51. The van der Waals surface area contributed by atoms with E-state index in [0.29, 0.717) is 12.2 Å². The molecule has 0 aromatic heterocycles. The molecule has 3 amide bonds. The van der Waals surface area contributed by atoms with Crippen LogP contribution in [0.3, 0.4) is 0 Å². The van der Waals surface area contributed by atoms with E-state index in [-0.39, 0.29) is 5.56 Å². The first-order chi connectivity index (χ1) is 17.3. The fourth-order valence-corrected chi connectivity index (χ4v) is 3.40. The second-order valence-corrected chi connectivity index (χ2v) is 7.89. The maximum atomic E-state index is 12.8. The molecule has 2 aromatic rings. The molecule has 2 aromatic carbocycles. The van der Waals surface area contributed by atoms with Crippen molar-refractivity contribution in [2.24, 2.45) is 5.29 Å². The molecule has 0 radical (unpaired) electrons. The van der Waals surface area contributed by atoms with Gasteiger partial charge < -0.3 is 15.0 Å². The lowest BCUT2D eigenvalue weighted by Gasteiger charge is -2.24. The topological polar surface area (TPSA) is 120 Å². The Hall–Kier alpha value is -4.07. The third-order valence-electron chi connectivity index (χ3n) is 5.51. The van der Waals surface area contributed by atoms with E-state index in [9.17, 15) is 19.3 Å². The number of hydrogen-bond donors (Lipinski definition) is 2. The van der Waals surface area contributed by atoms with Crippen LogP contribution in [0.2, 0.25) is 0 Å². The number of nitrogens with one attached hydrogen (secondary N) is 2. The highest BCUT2D eigenvalue weighted by Gasteiger charge is 2.33. The monoisotopic (exact) mass is 493 g/mol. The summed E-state index contributed by atoms with van der Waals surface area (Å²) in [7, 11) is 4.31. The van der Waals surface area contributed by atoms with Crippen LogP contribution in [0.25, 0.3) is 0 Å². The van der Waals surface area contributed by atoms with Crippen LogP contribution < -0.4 is 10.7 Å². The van der Waals surface area contributed by atoms with E-state index < -0.39 is 23.8 Å². The zero-order valence-corrected chi connectivity index (χ0v) is 20.9. The van der Waals surface area contributed by atoms with Crippen molar-refractivity contribution in [1.82, 2.24) is 20.5 Å². The van der Waals surface area contributed by atoms with Gasteiger partial charge in [0.05, 0.1) is 11.9 Å². The van der Waals surface area contributed by atoms with Crippen LogP contribution >= 0.6 is 0 Å². The largest absolute Gasteiger partial charge is 0.383 e. The second kappa shape index (κ2) is 14.4. The average Bonchev–Trinajstić information content (AvgIpc) is 2.90. The number of ether oxygens (including phenoxy) is 1. The maximum absolute atomic E-state index is 12.8. The van der Waals surface area contributed by atoms with E-state index in [2.05, 4.69) is 46.4 Å². The molecule has 0 aliphatic heterocycles. The molecule has 2 N–H and O–H groups in total. The van der Waals surface area contributed by atoms with Crippen LogP contribution in [0.5, 0.6) is 0 Å². The molecule has 0 bridgehead atoms. The van der Waals surface area contributed by atoms with E-state index in [1.807, 2.05) is 12.1 Å². The predicted molar refractivity (Wildman–Crippen MR) is 136 cm³/mol. The smallest absolute Gasteiger partial charge is 0.275 e. The number of likely N-dealkylation sites (N-methyl/N-ethyl adjacent to an activating group) is 3. The first kappa shape index (κ1) is 28.2. The van der Waals surface area contributed by atoms with E-state index in [1.54, 1.807) is 36.8 Å². The molecule has 0 aliphatic carbocycles. The summed E-state index contributed by atoms with van der Waals surface area (Å²) in [6.45, 7) is 5.47. The molecule has 2 rings (SSSR count). The minimum absolute atomic E-state index is 0.252. The first-order valence-corrected chi connectivity index (χ1v) is 11.4. The summed E-state index contributed by atoms with van der Waals surface area (Å²) in [5, 5.41) is 4.58. The van der Waals surface area contributed by atoms with Crippen molar-refractivity contribution in [2.45, 2.75) is 19.5 Å². The van der Waals surface area contributed by atoms with E-state index in [0.717, 1.165) is 30.1 Å². The molecule has 1 unspecified atom stereocenters. The maximum Gasteiger partial charge on any atom is 0.275 e. The van der Waals surface area contributed by atoms with Gasteiger partial charge in [-0.25, -0.2) is 5.43 Å². The van der Waals surface area contributed by atoms with Gasteiger partial charge >= 0.3 is 0 Å². The molecular formula is C26H31N5O5. The Morgan fingerprint density at radius 1 is 1.00 bits per heavy atom. The first-order valence-electron chi connectivity index (χ1n) is 11.4. The summed E-state index contributed by atoms with van der Waals surface area (Å²) in [5.74, 6) is 3.83. The highest BCUT2D eigenvalue weighted by atomic mass is 16.5. The van der Waals surface area contributed by atoms with Crippen molar-refractivity contribution in [3.8, 4) is 11.8 Å². The van der Waals surface area contributed by atoms with Gasteiger partial charge in [-0.15, -0.1) is 4.91 Å². The fraction of sp³-hybridized carbons (Fsp3) is 0.346. The SMILES string of the molecule is CCN(CCOC)Cc1ccc(C#Cc2ccc(C(=O)N(C)C(C(=O)NC)C(=O)NN=O)cc2)cc1. The molecule has 0 saturated carbocycles. The van der Waals surface area contributed by atoms with Gasteiger partial charge in [0.2, 0.25) is 0 Å². The number of rotatable bonds is 11. The average molecular weight is 494 g/mol. The lowest BCUT2D eigenvalue weighted by molar-refractivity contribution is -0.135. The van der Waals surface area contributed by atoms with Crippen molar-refractivity contribution in [3.63, 3.8) is 0 Å². The number of carbonyl (C=O) groups excluding carboxylic acids is 3. The second-order valence-electron chi connectivity index (χ2n) is 7.89. The summed E-state index contributed by atoms with van der Waals surface area (Å²) in [4.78, 5) is 50.5. The number of nitrogens with zero attached hydrogens (tertiary/aromatic N) is 3. The molecular weight excluding hydrogens is 462 g/mol. The van der Waals surface area contributed by atoms with Crippen molar-refractivity contribution >= 4 is 17.7 Å². The highest BCUT2D eigenvalue weighted by Crippen LogP contribution is 2.11. The minimum Gasteiger partial charge on any atom is -0.383 e. The lowest BCUT2D eigenvalue weighted by Crippen LogP contribution is -2.54. The number of nitroso groups, excluding NO2 is 1. The number of methoxy groups -OCH3 is 1. The van der Waals surface area contributed by atoms with Crippen molar-refractivity contribution in [3.05, 3.63) is 75.7 Å². The van der Waals surface area contributed by atoms with E-state index in [4.69, 9.17) is 4.74 Å². The number of carbonyl (C=O) groups is 3. The Morgan fingerprint density at radius 2 is 1.58 bits per heavy atom. The van der Waals surface area contributed by atoms with Crippen LogP contribution in [0.4, 0.5) is 0 Å². The number of amides is 3. The Kier molecular flexibility index (Phi) is 11.2. The molecule has 10 heteroatoms. The van der Waals surface area contributed by atoms with Gasteiger partial charge in [-0.05, 0) is 48.5 Å². The Labute approximate surface area is 210 Å². The number of benzene rings is 2. The molecule has 36 heavy (non-hydrogen) atoms. The molecule has 0 spiro atoms. The highest BCUT2D eigenvalue weighted by molar-refractivity contribution is 6.08. The van der Waals surface area contributed by atoms with Gasteiger partial charge in [-0.3, -0.25) is 19.3 Å². The van der Waals surface area contributed by atoms with Crippen molar-refractivity contribution in [1.29, 1.82) is 0 Å². The fourth-order valence-electron chi connectivity index (χ4n) is 3.40. The molecule has 0 saturated heterocycles. The van der Waals surface area contributed by atoms with Crippen LogP contribution in [0.15, 0.2) is 53.8 Å². The van der Waals surface area contributed by atoms with Gasteiger partial charge in [-0.1, -0.05) is 30.9 Å². The standard InChI is InChI=1S/C26H31N5O5/c1-5-31(16-17-36-4)18-21-10-8-19(9-11-21)6-7-20-12-14-22(15-13-20)26(34)30(3)23(24(32)27-2)25(33)28-29-35/h8-15,23H,5,16-18H2,1-4H3,(H,27,32)(H,28,33,35). The minimum atomic E-state index is -1.55. The van der Waals surface area contributed by atoms with Gasteiger partial charge in [0, 0.05) is 51.0 Å². The summed E-state index contributed by atoms with van der Waals surface area (Å²) in [5.41, 5.74) is 4.67. The Bertz CT molecular complexity index is 1110. The molecule has 190 valence electrons. The normalized spacial score (nSPS) is 11.1. The predicted octanol–water partition coefficient (Wildman–Crippen LogP) is 1.54. The van der Waals surface area contributed by atoms with Gasteiger partial charge in [0.1, 0.15) is 0 Å². The summed E-state index contributed by atoms with van der Waals surface area (Å²) < 4.78 is 5.15. The number of hydrogen-bond acceptors (Lipinski definition) is 7. The Morgan fingerprint density at radius 3 is 2.08 bits per heavy atom. The molecule has 0 aliphatic rings. The van der Waals surface area contributed by atoms with E-state index in [1.165, 1.54) is 19.7 Å². The van der Waals surface area contributed by atoms with Crippen molar-refractivity contribution in [2.75, 3.05) is 40.9 Å². The summed E-state index contributed by atoms with van der Waals surface area (Å²) in [6, 6.07) is 13.0. The van der Waals surface area contributed by atoms with Crippen LogP contribution in [-0.2, 0) is 20.9 Å². The third kappa shape index (κ3) is 8.01. The van der Waals surface area contributed by atoms with Gasteiger partial charge in [0.25, 0.3) is 17.7 Å². The molecule has 10 nitrogen and oxygen atoms in total. The van der Waals surface area contributed by atoms with Crippen molar-refractivity contribution < 1.29 is 19.1 Å². The molecule has 0 heterocycles. The summed E-state index contributed by atoms with van der Waals surface area (Å²) >= 11 is 0. The van der Waals surface area contributed by atoms with E-state index >= 15 is 0 Å².